The Morgan fingerprint density at radius 2 is 2.20 bits per heavy atom. The lowest BCUT2D eigenvalue weighted by atomic mass is 10.3. The third kappa shape index (κ3) is 3.12. The molecule has 9 heteroatoms. The Bertz CT molecular complexity index is 1090. The van der Waals surface area contributed by atoms with E-state index in [2.05, 4.69) is 31.4 Å². The zero-order valence-electron chi connectivity index (χ0n) is 12.6. The van der Waals surface area contributed by atoms with Gasteiger partial charge in [0.05, 0.1) is 28.7 Å². The second-order valence-corrected chi connectivity index (χ2v) is 7.05. The molecule has 1 N–H and O–H groups in total. The van der Waals surface area contributed by atoms with Crippen molar-refractivity contribution in [3.05, 3.63) is 53.2 Å². The molecular formula is C16H10BrFN4O2S. The van der Waals surface area contributed by atoms with Gasteiger partial charge in [-0.15, -0.1) is 10.2 Å². The number of benzene rings is 1. The van der Waals surface area contributed by atoms with Gasteiger partial charge >= 0.3 is 0 Å². The minimum Gasteiger partial charge on any atom is -0.463 e. The minimum atomic E-state index is -0.499. The highest BCUT2D eigenvalue weighted by Gasteiger charge is 2.13. The molecule has 0 aliphatic rings. The van der Waals surface area contributed by atoms with Crippen molar-refractivity contribution in [1.82, 2.24) is 14.6 Å². The van der Waals surface area contributed by atoms with Gasteiger partial charge in [-0.3, -0.25) is 9.20 Å². The smallest absolute Gasteiger partial charge is 0.234 e. The average molecular weight is 421 g/mol. The van der Waals surface area contributed by atoms with Gasteiger partial charge in [0.2, 0.25) is 5.91 Å². The van der Waals surface area contributed by atoms with Crippen molar-refractivity contribution in [2.45, 2.75) is 5.03 Å². The molecule has 0 unspecified atom stereocenters. The number of rotatable bonds is 4. The van der Waals surface area contributed by atoms with Gasteiger partial charge in [-0.2, -0.15) is 0 Å². The first-order chi connectivity index (χ1) is 12.1. The quantitative estimate of drug-likeness (QED) is 0.503. The van der Waals surface area contributed by atoms with Gasteiger partial charge in [-0.05, 0) is 18.2 Å². The summed E-state index contributed by atoms with van der Waals surface area (Å²) in [6.07, 6.45) is 3.19. The molecule has 0 aliphatic carbocycles. The molecule has 0 fully saturated rings. The molecule has 4 rings (SSSR count). The molecule has 1 aromatic carbocycles. The van der Waals surface area contributed by atoms with E-state index in [-0.39, 0.29) is 17.3 Å². The lowest BCUT2D eigenvalue weighted by molar-refractivity contribution is -0.113. The third-order valence-corrected chi connectivity index (χ3v) is 5.00. The normalized spacial score (nSPS) is 11.3. The largest absolute Gasteiger partial charge is 0.463 e. The molecule has 25 heavy (non-hydrogen) atoms. The van der Waals surface area contributed by atoms with Crippen LogP contribution < -0.4 is 5.32 Å². The van der Waals surface area contributed by atoms with Crippen LogP contribution in [0, 0.1) is 5.82 Å². The highest BCUT2D eigenvalue weighted by atomic mass is 79.9. The van der Waals surface area contributed by atoms with Gasteiger partial charge < -0.3 is 9.73 Å². The number of carbonyl (C=O) groups excluding carboxylic acids is 1. The lowest BCUT2D eigenvalue weighted by Gasteiger charge is -2.07. The van der Waals surface area contributed by atoms with Crippen LogP contribution in [-0.2, 0) is 4.79 Å². The molecule has 0 aliphatic heterocycles. The fourth-order valence-electron chi connectivity index (χ4n) is 2.43. The average Bonchev–Trinajstić information content (AvgIpc) is 3.17. The van der Waals surface area contributed by atoms with Crippen molar-refractivity contribution in [3.8, 4) is 0 Å². The maximum absolute atomic E-state index is 13.8. The van der Waals surface area contributed by atoms with E-state index >= 15 is 0 Å². The lowest BCUT2D eigenvalue weighted by Crippen LogP contribution is -2.15. The second-order valence-electron chi connectivity index (χ2n) is 5.17. The van der Waals surface area contributed by atoms with Gasteiger partial charge in [0.25, 0.3) is 0 Å². The van der Waals surface area contributed by atoms with E-state index in [9.17, 15) is 9.18 Å². The summed E-state index contributed by atoms with van der Waals surface area (Å²) in [6.45, 7) is 0. The minimum absolute atomic E-state index is 0.0798. The zero-order valence-corrected chi connectivity index (χ0v) is 15.0. The van der Waals surface area contributed by atoms with Crippen LogP contribution >= 0.6 is 27.7 Å². The number of aromatic nitrogens is 3. The third-order valence-electron chi connectivity index (χ3n) is 3.54. The van der Waals surface area contributed by atoms with Crippen LogP contribution in [0.5, 0.6) is 0 Å². The van der Waals surface area contributed by atoms with E-state index in [1.165, 1.54) is 23.9 Å². The van der Waals surface area contributed by atoms with E-state index in [1.54, 1.807) is 18.7 Å². The summed E-state index contributed by atoms with van der Waals surface area (Å²) in [5, 5.41) is 11.2. The number of carbonyl (C=O) groups is 1. The first-order valence-corrected chi connectivity index (χ1v) is 8.97. The van der Waals surface area contributed by atoms with Crippen LogP contribution in [-0.4, -0.2) is 26.3 Å². The summed E-state index contributed by atoms with van der Waals surface area (Å²) in [5.41, 5.74) is 2.54. The predicted molar refractivity (Wildman–Crippen MR) is 96.2 cm³/mol. The Balaban J connectivity index is 1.51. The Morgan fingerprint density at radius 3 is 3.04 bits per heavy atom. The van der Waals surface area contributed by atoms with Crippen LogP contribution in [0.4, 0.5) is 10.1 Å². The van der Waals surface area contributed by atoms with E-state index in [4.69, 9.17) is 4.42 Å². The molecule has 3 aromatic heterocycles. The molecular weight excluding hydrogens is 411 g/mol. The summed E-state index contributed by atoms with van der Waals surface area (Å²) < 4.78 is 21.6. The fraction of sp³-hybridized carbons (Fsp3) is 0.0625. The van der Waals surface area contributed by atoms with Crippen molar-refractivity contribution < 1.29 is 13.6 Å². The van der Waals surface area contributed by atoms with Crippen LogP contribution in [0.1, 0.15) is 0 Å². The molecule has 4 aromatic rings. The number of hydrogen-bond acceptors (Lipinski definition) is 5. The first-order valence-electron chi connectivity index (χ1n) is 7.19. The molecule has 126 valence electrons. The van der Waals surface area contributed by atoms with Crippen LogP contribution in [0.2, 0.25) is 0 Å². The molecule has 0 bridgehead atoms. The van der Waals surface area contributed by atoms with Gasteiger partial charge in [0, 0.05) is 16.6 Å². The maximum Gasteiger partial charge on any atom is 0.234 e. The number of halogens is 2. The van der Waals surface area contributed by atoms with E-state index in [1.807, 2.05) is 16.5 Å². The second kappa shape index (κ2) is 6.49. The zero-order chi connectivity index (χ0) is 17.4. The Hall–Kier alpha value is -2.39. The topological polar surface area (TPSA) is 72.4 Å². The molecule has 0 radical (unpaired) electrons. The number of thioether (sulfide) groups is 1. The summed E-state index contributed by atoms with van der Waals surface area (Å²) in [4.78, 5) is 12.1. The number of nitrogens with one attached hydrogen (secondary N) is 1. The Kier molecular flexibility index (Phi) is 4.18. The highest BCUT2D eigenvalue weighted by Crippen LogP contribution is 2.27. The Morgan fingerprint density at radius 1 is 1.32 bits per heavy atom. The number of furan rings is 1. The molecule has 1 amide bonds. The molecule has 0 saturated heterocycles. The molecule has 6 nitrogen and oxygen atoms in total. The fourth-order valence-corrected chi connectivity index (χ4v) is 3.51. The summed E-state index contributed by atoms with van der Waals surface area (Å²) in [6, 6.07) is 8.14. The van der Waals surface area contributed by atoms with Crippen molar-refractivity contribution in [2.24, 2.45) is 0 Å². The number of amides is 1. The standard InChI is InChI=1S/C16H10BrFN4O2S/c17-9-1-2-11(10(18)5-9)20-15(23)7-25-16-13-6-14-12(3-4-24-14)22(13)8-19-21-16/h1-6,8H,7H2,(H,20,23). The number of anilines is 1. The van der Waals surface area contributed by atoms with Crippen molar-refractivity contribution >= 4 is 55.9 Å². The van der Waals surface area contributed by atoms with Gasteiger partial charge in [-0.25, -0.2) is 4.39 Å². The molecule has 0 saturated carbocycles. The van der Waals surface area contributed by atoms with Gasteiger partial charge in [-0.1, -0.05) is 27.7 Å². The van der Waals surface area contributed by atoms with Crippen LogP contribution in [0.25, 0.3) is 16.6 Å². The van der Waals surface area contributed by atoms with Gasteiger partial charge in [0.15, 0.2) is 5.58 Å². The number of hydrogen-bond donors (Lipinski definition) is 1. The van der Waals surface area contributed by atoms with Crippen LogP contribution in [0.3, 0.4) is 0 Å². The monoisotopic (exact) mass is 420 g/mol. The highest BCUT2D eigenvalue weighted by molar-refractivity contribution is 9.10. The summed E-state index contributed by atoms with van der Waals surface area (Å²) >= 11 is 4.40. The summed E-state index contributed by atoms with van der Waals surface area (Å²) in [5.74, 6) is -0.747. The molecule has 0 spiro atoms. The maximum atomic E-state index is 13.8. The SMILES string of the molecule is O=C(CSc1nncn2c1cc1occc12)Nc1ccc(Br)cc1F. The van der Waals surface area contributed by atoms with Crippen molar-refractivity contribution in [2.75, 3.05) is 11.1 Å². The van der Waals surface area contributed by atoms with Crippen molar-refractivity contribution in [1.29, 1.82) is 0 Å². The predicted octanol–water partition coefficient (Wildman–Crippen LogP) is 4.11. The summed E-state index contributed by atoms with van der Waals surface area (Å²) in [7, 11) is 0. The first kappa shape index (κ1) is 16.1. The number of fused-ring (bicyclic) bond motifs is 3. The van der Waals surface area contributed by atoms with Crippen molar-refractivity contribution in [3.63, 3.8) is 0 Å². The number of nitrogens with zero attached hydrogens (tertiary/aromatic N) is 3. The Labute approximate surface area is 153 Å². The molecule has 3 heterocycles. The van der Waals surface area contributed by atoms with Gasteiger partial charge in [0.1, 0.15) is 17.2 Å². The van der Waals surface area contributed by atoms with E-state index in [0.29, 0.717) is 9.50 Å². The van der Waals surface area contributed by atoms with E-state index < -0.39 is 5.82 Å². The van der Waals surface area contributed by atoms with E-state index in [0.717, 1.165) is 16.6 Å². The molecule has 0 atom stereocenters. The van der Waals surface area contributed by atoms with Crippen LogP contribution in [0.15, 0.2) is 56.8 Å².